The van der Waals surface area contributed by atoms with Crippen LogP contribution in [0, 0.1) is 0 Å². The molecule has 0 spiro atoms. The van der Waals surface area contributed by atoms with Crippen molar-refractivity contribution in [3.05, 3.63) is 24.2 Å². The smallest absolute Gasteiger partial charge is 0.481 e. The monoisotopic (exact) mass is 373 g/mol. The summed E-state index contributed by atoms with van der Waals surface area (Å²) in [4.78, 5) is 17.6. The third-order valence-electron chi connectivity index (χ3n) is 3.67. The Kier molecular flexibility index (Phi) is 6.50. The van der Waals surface area contributed by atoms with E-state index in [1.807, 2.05) is 12.1 Å². The van der Waals surface area contributed by atoms with Crippen LogP contribution in [-0.4, -0.2) is 57.6 Å². The van der Waals surface area contributed by atoms with E-state index in [2.05, 4.69) is 25.5 Å². The summed E-state index contributed by atoms with van der Waals surface area (Å²) >= 11 is 0. The summed E-state index contributed by atoms with van der Waals surface area (Å²) in [6.07, 6.45) is -1.14. The van der Waals surface area contributed by atoms with Gasteiger partial charge >= 0.3 is 12.1 Å². The standard InChI is InChI=1S/C13H17N5O.C2HF3O2/c1-19-11-3-2-10(8-15-11)13-16-12(17-18-13)9-4-6-14-7-5-9;3-2(4,5)1(6)7/h2-3,8-9,14H,4-7H2,1H3,(H,16,17,18);(H,6,7). The maximum Gasteiger partial charge on any atom is 0.490 e. The van der Waals surface area contributed by atoms with Gasteiger partial charge in [-0.2, -0.15) is 18.3 Å². The molecule has 1 aliphatic rings. The van der Waals surface area contributed by atoms with E-state index in [0.29, 0.717) is 17.6 Å². The molecule has 3 rings (SSSR count). The summed E-state index contributed by atoms with van der Waals surface area (Å²) in [5.74, 6) is -0.00456. The Morgan fingerprint density at radius 2 is 1.96 bits per heavy atom. The summed E-state index contributed by atoms with van der Waals surface area (Å²) in [6, 6.07) is 3.73. The summed E-state index contributed by atoms with van der Waals surface area (Å²) in [5.41, 5.74) is 0.900. The quantitative estimate of drug-likeness (QED) is 0.754. The van der Waals surface area contributed by atoms with Crippen molar-refractivity contribution in [2.75, 3.05) is 20.2 Å². The maximum absolute atomic E-state index is 10.6. The number of aliphatic carboxylic acids is 1. The second-order valence-corrected chi connectivity index (χ2v) is 5.46. The third kappa shape index (κ3) is 5.41. The molecule has 26 heavy (non-hydrogen) atoms. The van der Waals surface area contributed by atoms with Gasteiger partial charge in [-0.1, -0.05) is 0 Å². The van der Waals surface area contributed by atoms with E-state index >= 15 is 0 Å². The first kappa shape index (κ1) is 19.6. The lowest BCUT2D eigenvalue weighted by atomic mass is 9.98. The number of hydrogen-bond acceptors (Lipinski definition) is 6. The number of carboxylic acid groups (broad SMARTS) is 1. The second-order valence-electron chi connectivity index (χ2n) is 5.46. The Balaban J connectivity index is 0.000000298. The molecule has 0 unspecified atom stereocenters. The van der Waals surface area contributed by atoms with Gasteiger partial charge in [0.15, 0.2) is 5.82 Å². The molecule has 0 aliphatic carbocycles. The van der Waals surface area contributed by atoms with Crippen molar-refractivity contribution in [1.29, 1.82) is 0 Å². The van der Waals surface area contributed by atoms with Crippen molar-refractivity contribution in [3.8, 4) is 17.3 Å². The molecule has 3 heterocycles. The number of piperidine rings is 1. The minimum Gasteiger partial charge on any atom is -0.481 e. The zero-order valence-corrected chi connectivity index (χ0v) is 13.9. The number of nitrogens with one attached hydrogen (secondary N) is 2. The first-order chi connectivity index (χ1) is 12.3. The van der Waals surface area contributed by atoms with Crippen LogP contribution in [0.1, 0.15) is 24.6 Å². The van der Waals surface area contributed by atoms with Gasteiger partial charge in [-0.25, -0.2) is 14.8 Å². The van der Waals surface area contributed by atoms with Gasteiger partial charge in [0.1, 0.15) is 5.82 Å². The Labute approximate surface area is 146 Å². The number of ether oxygens (including phenoxy) is 1. The van der Waals surface area contributed by atoms with Crippen molar-refractivity contribution in [1.82, 2.24) is 25.5 Å². The van der Waals surface area contributed by atoms with Gasteiger partial charge in [-0.3, -0.25) is 5.10 Å². The molecule has 8 nitrogen and oxygen atoms in total. The van der Waals surface area contributed by atoms with Crippen LogP contribution in [0.2, 0.25) is 0 Å². The predicted octanol–water partition coefficient (Wildman–Crippen LogP) is 1.98. The average Bonchev–Trinajstić information content (AvgIpc) is 3.12. The Morgan fingerprint density at radius 3 is 2.46 bits per heavy atom. The van der Waals surface area contributed by atoms with Crippen LogP contribution in [0.25, 0.3) is 11.4 Å². The number of nitrogens with zero attached hydrogens (tertiary/aromatic N) is 3. The fourth-order valence-electron chi connectivity index (χ4n) is 2.31. The summed E-state index contributed by atoms with van der Waals surface area (Å²) in [6.45, 7) is 2.09. The van der Waals surface area contributed by atoms with E-state index in [1.165, 1.54) is 0 Å². The van der Waals surface area contributed by atoms with E-state index in [4.69, 9.17) is 14.6 Å². The molecular weight excluding hydrogens is 355 g/mol. The number of alkyl halides is 3. The second kappa shape index (κ2) is 8.61. The van der Waals surface area contributed by atoms with E-state index in [9.17, 15) is 13.2 Å². The highest BCUT2D eigenvalue weighted by atomic mass is 19.4. The lowest BCUT2D eigenvalue weighted by Crippen LogP contribution is -2.27. The fraction of sp³-hybridized carbons (Fsp3) is 0.467. The number of halogens is 3. The third-order valence-corrected chi connectivity index (χ3v) is 3.67. The molecule has 0 radical (unpaired) electrons. The van der Waals surface area contributed by atoms with Crippen molar-refractivity contribution in [2.45, 2.75) is 24.9 Å². The molecule has 2 aromatic rings. The lowest BCUT2D eigenvalue weighted by Gasteiger charge is -2.19. The van der Waals surface area contributed by atoms with Crippen LogP contribution in [0.5, 0.6) is 5.88 Å². The van der Waals surface area contributed by atoms with Gasteiger partial charge in [0.05, 0.1) is 7.11 Å². The minimum absolute atomic E-state index is 0.480. The molecule has 0 amide bonds. The molecule has 0 atom stereocenters. The maximum atomic E-state index is 10.6. The minimum atomic E-state index is -5.08. The number of aromatic amines is 1. The van der Waals surface area contributed by atoms with Gasteiger partial charge in [-0.15, -0.1) is 0 Å². The number of aromatic nitrogens is 4. The molecule has 0 bridgehead atoms. The average molecular weight is 373 g/mol. The summed E-state index contributed by atoms with van der Waals surface area (Å²) in [7, 11) is 1.60. The molecule has 142 valence electrons. The zero-order valence-electron chi connectivity index (χ0n) is 13.9. The van der Waals surface area contributed by atoms with Gasteiger partial charge in [-0.05, 0) is 32.0 Å². The topological polar surface area (TPSA) is 113 Å². The Bertz CT molecular complexity index is 712. The Morgan fingerprint density at radius 1 is 1.31 bits per heavy atom. The van der Waals surface area contributed by atoms with Crippen LogP contribution < -0.4 is 10.1 Å². The van der Waals surface area contributed by atoms with Crippen LogP contribution in [0.15, 0.2) is 18.3 Å². The van der Waals surface area contributed by atoms with Crippen LogP contribution in [0.3, 0.4) is 0 Å². The van der Waals surface area contributed by atoms with E-state index in [-0.39, 0.29) is 0 Å². The molecule has 2 aromatic heterocycles. The van der Waals surface area contributed by atoms with Crippen LogP contribution in [-0.2, 0) is 4.79 Å². The zero-order chi connectivity index (χ0) is 19.2. The van der Waals surface area contributed by atoms with Crippen molar-refractivity contribution < 1.29 is 27.8 Å². The lowest BCUT2D eigenvalue weighted by molar-refractivity contribution is -0.192. The number of hydrogen-bond donors (Lipinski definition) is 3. The molecular formula is C15H18F3N5O3. The molecule has 1 saturated heterocycles. The number of H-pyrrole nitrogens is 1. The van der Waals surface area contributed by atoms with E-state index in [0.717, 1.165) is 37.3 Å². The molecule has 0 saturated carbocycles. The number of pyridine rings is 1. The molecule has 11 heteroatoms. The molecule has 1 fully saturated rings. The van der Waals surface area contributed by atoms with Crippen LogP contribution >= 0.6 is 0 Å². The highest BCUT2D eigenvalue weighted by Gasteiger charge is 2.38. The van der Waals surface area contributed by atoms with Gasteiger partial charge in [0, 0.05) is 23.7 Å². The van der Waals surface area contributed by atoms with Gasteiger partial charge in [0.25, 0.3) is 0 Å². The SMILES string of the molecule is COc1ccc(-c2n[nH]c(C3CCNCC3)n2)cn1.O=C(O)C(F)(F)F. The van der Waals surface area contributed by atoms with Gasteiger partial charge in [0.2, 0.25) is 5.88 Å². The number of carboxylic acids is 1. The van der Waals surface area contributed by atoms with Crippen molar-refractivity contribution in [3.63, 3.8) is 0 Å². The molecule has 3 N–H and O–H groups in total. The summed E-state index contributed by atoms with van der Waals surface area (Å²) in [5, 5.41) is 17.8. The molecule has 1 aliphatic heterocycles. The highest BCUT2D eigenvalue weighted by molar-refractivity contribution is 5.73. The number of carbonyl (C=O) groups is 1. The number of methoxy groups -OCH3 is 1. The molecule has 0 aromatic carbocycles. The van der Waals surface area contributed by atoms with Gasteiger partial charge < -0.3 is 15.2 Å². The van der Waals surface area contributed by atoms with Crippen molar-refractivity contribution in [2.24, 2.45) is 0 Å². The number of rotatable bonds is 3. The Hall–Kier alpha value is -2.69. The fourth-order valence-corrected chi connectivity index (χ4v) is 2.31. The van der Waals surface area contributed by atoms with Crippen molar-refractivity contribution >= 4 is 5.97 Å². The normalized spacial score (nSPS) is 15.1. The van der Waals surface area contributed by atoms with E-state index in [1.54, 1.807) is 13.3 Å². The predicted molar refractivity (Wildman–Crippen MR) is 84.7 cm³/mol. The summed E-state index contributed by atoms with van der Waals surface area (Å²) < 4.78 is 36.8. The highest BCUT2D eigenvalue weighted by Crippen LogP contribution is 2.24. The van der Waals surface area contributed by atoms with E-state index < -0.39 is 12.1 Å². The van der Waals surface area contributed by atoms with Crippen LogP contribution in [0.4, 0.5) is 13.2 Å². The largest absolute Gasteiger partial charge is 0.490 e. The first-order valence-electron chi connectivity index (χ1n) is 7.74. The first-order valence-corrected chi connectivity index (χ1v) is 7.74.